The Hall–Kier alpha value is -3.24. The average molecular weight is 509 g/mol. The highest BCUT2D eigenvalue weighted by Gasteiger charge is 2.37. The van der Waals surface area contributed by atoms with Crippen LogP contribution in [0.5, 0.6) is 5.75 Å². The molecule has 1 N–H and O–H groups in total. The van der Waals surface area contributed by atoms with E-state index in [1.807, 2.05) is 6.92 Å². The molecule has 11 heteroatoms. The van der Waals surface area contributed by atoms with Crippen LogP contribution in [-0.2, 0) is 22.6 Å². The van der Waals surface area contributed by atoms with E-state index in [1.165, 1.54) is 40.5 Å². The van der Waals surface area contributed by atoms with Crippen LogP contribution < -0.4 is 4.74 Å². The number of thiazole rings is 1. The van der Waals surface area contributed by atoms with Crippen LogP contribution in [0.1, 0.15) is 33.4 Å². The average Bonchev–Trinajstić information content (AvgIpc) is 3.23. The zero-order valence-corrected chi connectivity index (χ0v) is 19.5. The SMILES string of the molecule is Cc1nc(COC(=O)N2CCc3c(ccc(F)c3F)[C@H]2c2cc(Cl)ccc2OCC(=O)O)cs1. The van der Waals surface area contributed by atoms with E-state index < -0.39 is 36.3 Å². The molecular formula is C23H19ClF2N2O5S. The summed E-state index contributed by atoms with van der Waals surface area (Å²) in [6.07, 6.45) is -0.637. The van der Waals surface area contributed by atoms with Crippen LogP contribution in [0.2, 0.25) is 5.02 Å². The number of hydrogen-bond acceptors (Lipinski definition) is 6. The quantitative estimate of drug-likeness (QED) is 0.496. The van der Waals surface area contributed by atoms with Crippen molar-refractivity contribution < 1.29 is 33.0 Å². The first-order chi connectivity index (χ1) is 16.2. The second-order valence-electron chi connectivity index (χ2n) is 7.55. The van der Waals surface area contributed by atoms with Gasteiger partial charge in [0.2, 0.25) is 0 Å². The first kappa shape index (κ1) is 23.9. The maximum Gasteiger partial charge on any atom is 0.410 e. The first-order valence-corrected chi connectivity index (χ1v) is 11.5. The van der Waals surface area contributed by atoms with Crippen LogP contribution in [0.3, 0.4) is 0 Å². The van der Waals surface area contributed by atoms with Crippen LogP contribution in [0, 0.1) is 18.6 Å². The number of hydrogen-bond donors (Lipinski definition) is 1. The molecule has 178 valence electrons. The number of rotatable bonds is 6. The summed E-state index contributed by atoms with van der Waals surface area (Å²) in [4.78, 5) is 29.8. The Morgan fingerprint density at radius 3 is 2.76 bits per heavy atom. The van der Waals surface area contributed by atoms with Crippen molar-refractivity contribution in [2.24, 2.45) is 0 Å². The summed E-state index contributed by atoms with van der Waals surface area (Å²) in [5.41, 5.74) is 1.36. The number of aliphatic carboxylic acids is 1. The van der Waals surface area contributed by atoms with Gasteiger partial charge in [-0.1, -0.05) is 17.7 Å². The zero-order chi connectivity index (χ0) is 24.4. The van der Waals surface area contributed by atoms with Gasteiger partial charge in [0.1, 0.15) is 12.4 Å². The largest absolute Gasteiger partial charge is 0.482 e. The fraction of sp³-hybridized carbons (Fsp3) is 0.261. The topological polar surface area (TPSA) is 89.0 Å². The summed E-state index contributed by atoms with van der Waals surface area (Å²) in [5.74, 6) is -3.06. The lowest BCUT2D eigenvalue weighted by atomic mass is 9.87. The number of nitrogens with zero attached hydrogens (tertiary/aromatic N) is 2. The van der Waals surface area contributed by atoms with Crippen molar-refractivity contribution in [3.63, 3.8) is 0 Å². The Bertz CT molecular complexity index is 1250. The second kappa shape index (κ2) is 9.94. The van der Waals surface area contributed by atoms with Gasteiger partial charge in [0.05, 0.1) is 16.7 Å². The number of carbonyl (C=O) groups excluding carboxylic acids is 1. The highest BCUT2D eigenvalue weighted by molar-refractivity contribution is 7.09. The van der Waals surface area contributed by atoms with Crippen LogP contribution >= 0.6 is 22.9 Å². The number of carbonyl (C=O) groups is 2. The Labute approximate surface area is 202 Å². The molecule has 0 saturated heterocycles. The van der Waals surface area contributed by atoms with Crippen molar-refractivity contribution in [3.8, 4) is 5.75 Å². The standard InChI is InChI=1S/C23H19ClF2N2O5S/c1-12-27-14(11-34-12)9-33-23(31)28-7-6-15-16(3-4-18(25)21(15)26)22(28)17-8-13(24)2-5-19(17)32-10-20(29)30/h2-5,8,11,22H,6-7,9-10H2,1H3,(H,29,30)/t22-/m0/s1. The van der Waals surface area contributed by atoms with E-state index in [4.69, 9.17) is 26.2 Å². The predicted molar refractivity (Wildman–Crippen MR) is 120 cm³/mol. The predicted octanol–water partition coefficient (Wildman–Crippen LogP) is 5.13. The third-order valence-electron chi connectivity index (χ3n) is 5.30. The van der Waals surface area contributed by atoms with Gasteiger partial charge < -0.3 is 14.6 Å². The zero-order valence-electron chi connectivity index (χ0n) is 17.9. The molecule has 0 bridgehead atoms. The molecule has 34 heavy (non-hydrogen) atoms. The van der Waals surface area contributed by atoms with Crippen molar-refractivity contribution in [1.82, 2.24) is 9.88 Å². The minimum absolute atomic E-state index is 0.0256. The van der Waals surface area contributed by atoms with Gasteiger partial charge in [-0.15, -0.1) is 11.3 Å². The summed E-state index contributed by atoms with van der Waals surface area (Å²) >= 11 is 7.63. The summed E-state index contributed by atoms with van der Waals surface area (Å²) in [6, 6.07) is 5.90. The molecule has 4 rings (SSSR count). The molecule has 1 atom stereocenters. The molecule has 2 heterocycles. The van der Waals surface area contributed by atoms with Gasteiger partial charge in [-0.3, -0.25) is 4.90 Å². The van der Waals surface area contributed by atoms with Crippen molar-refractivity contribution in [3.05, 3.63) is 79.8 Å². The molecule has 0 saturated carbocycles. The van der Waals surface area contributed by atoms with Gasteiger partial charge in [0.15, 0.2) is 18.2 Å². The second-order valence-corrected chi connectivity index (χ2v) is 9.05. The van der Waals surface area contributed by atoms with E-state index in [0.29, 0.717) is 21.8 Å². The fourth-order valence-electron chi connectivity index (χ4n) is 3.88. The molecule has 1 aromatic heterocycles. The Balaban J connectivity index is 1.75. The molecule has 0 unspecified atom stereocenters. The Morgan fingerprint density at radius 1 is 1.26 bits per heavy atom. The lowest BCUT2D eigenvalue weighted by Gasteiger charge is -2.37. The van der Waals surface area contributed by atoms with Crippen LogP contribution in [-0.4, -0.2) is 40.2 Å². The monoisotopic (exact) mass is 508 g/mol. The number of aryl methyl sites for hydroxylation is 1. The van der Waals surface area contributed by atoms with Crippen molar-refractivity contribution >= 4 is 35.0 Å². The Kier molecular flexibility index (Phi) is 6.99. The van der Waals surface area contributed by atoms with E-state index in [9.17, 15) is 18.4 Å². The molecule has 1 aliphatic heterocycles. The van der Waals surface area contributed by atoms with Crippen molar-refractivity contribution in [1.29, 1.82) is 0 Å². The third kappa shape index (κ3) is 4.97. The molecule has 0 spiro atoms. The van der Waals surface area contributed by atoms with E-state index in [0.717, 1.165) is 11.1 Å². The molecule has 2 aromatic carbocycles. The maximum atomic E-state index is 14.7. The number of carboxylic acids is 1. The number of fused-ring (bicyclic) bond motifs is 1. The molecule has 0 aliphatic carbocycles. The highest BCUT2D eigenvalue weighted by Crippen LogP contribution is 2.42. The number of amides is 1. The third-order valence-corrected chi connectivity index (χ3v) is 6.36. The highest BCUT2D eigenvalue weighted by atomic mass is 35.5. The van der Waals surface area contributed by atoms with E-state index in [2.05, 4.69) is 4.98 Å². The molecule has 3 aromatic rings. The summed E-state index contributed by atoms with van der Waals surface area (Å²) < 4.78 is 39.5. The summed E-state index contributed by atoms with van der Waals surface area (Å²) in [6.45, 7) is 1.16. The summed E-state index contributed by atoms with van der Waals surface area (Å²) in [7, 11) is 0. The number of ether oxygens (including phenoxy) is 2. The van der Waals surface area contributed by atoms with Crippen LogP contribution in [0.25, 0.3) is 0 Å². The number of halogens is 3. The van der Waals surface area contributed by atoms with E-state index >= 15 is 0 Å². The molecular weight excluding hydrogens is 490 g/mol. The minimum Gasteiger partial charge on any atom is -0.482 e. The van der Waals surface area contributed by atoms with Gasteiger partial charge in [0, 0.05) is 22.5 Å². The maximum absolute atomic E-state index is 14.7. The summed E-state index contributed by atoms with van der Waals surface area (Å²) in [5, 5.41) is 11.9. The van der Waals surface area contributed by atoms with Gasteiger partial charge in [0.25, 0.3) is 0 Å². The lowest BCUT2D eigenvalue weighted by Crippen LogP contribution is -2.41. The molecule has 1 amide bonds. The molecule has 0 fully saturated rings. The smallest absolute Gasteiger partial charge is 0.410 e. The van der Waals surface area contributed by atoms with E-state index in [1.54, 1.807) is 5.38 Å². The number of aromatic nitrogens is 1. The van der Waals surface area contributed by atoms with Crippen molar-refractivity contribution in [2.75, 3.05) is 13.2 Å². The minimum atomic E-state index is -1.20. The number of carboxylic acid groups (broad SMARTS) is 1. The molecule has 1 aliphatic rings. The van der Waals surface area contributed by atoms with Gasteiger partial charge in [-0.25, -0.2) is 23.4 Å². The molecule has 7 nitrogen and oxygen atoms in total. The Morgan fingerprint density at radius 2 is 2.06 bits per heavy atom. The normalized spacial score (nSPS) is 15.1. The van der Waals surface area contributed by atoms with Crippen LogP contribution in [0.4, 0.5) is 13.6 Å². The van der Waals surface area contributed by atoms with E-state index in [-0.39, 0.29) is 30.9 Å². The fourth-order valence-corrected chi connectivity index (χ4v) is 4.65. The van der Waals surface area contributed by atoms with Crippen LogP contribution in [0.15, 0.2) is 35.7 Å². The van der Waals surface area contributed by atoms with Crippen molar-refractivity contribution in [2.45, 2.75) is 26.0 Å². The number of benzene rings is 2. The van der Waals surface area contributed by atoms with Gasteiger partial charge in [-0.05, 0) is 48.7 Å². The first-order valence-electron chi connectivity index (χ1n) is 10.2. The van der Waals surface area contributed by atoms with Gasteiger partial charge >= 0.3 is 12.1 Å². The molecule has 0 radical (unpaired) electrons. The lowest BCUT2D eigenvalue weighted by molar-refractivity contribution is -0.139. The van der Waals surface area contributed by atoms with Gasteiger partial charge in [-0.2, -0.15) is 0 Å².